The van der Waals surface area contributed by atoms with E-state index in [1.165, 1.54) is 12.3 Å². The van der Waals surface area contributed by atoms with E-state index < -0.39 is 11.9 Å². The first-order valence-corrected chi connectivity index (χ1v) is 7.35. The van der Waals surface area contributed by atoms with Crippen LogP contribution in [0.3, 0.4) is 0 Å². The van der Waals surface area contributed by atoms with Crippen molar-refractivity contribution in [3.63, 3.8) is 0 Å². The van der Waals surface area contributed by atoms with Crippen molar-refractivity contribution in [2.24, 2.45) is 12.8 Å². The lowest BCUT2D eigenvalue weighted by Gasteiger charge is -2.16. The van der Waals surface area contributed by atoms with Gasteiger partial charge in [0, 0.05) is 26.0 Å². The van der Waals surface area contributed by atoms with Crippen molar-refractivity contribution in [2.75, 3.05) is 16.8 Å². The number of aryl methyl sites for hydroxylation is 1. The van der Waals surface area contributed by atoms with Crippen LogP contribution >= 0.6 is 11.6 Å². The van der Waals surface area contributed by atoms with E-state index in [0.717, 1.165) is 5.69 Å². The van der Waals surface area contributed by atoms with E-state index in [4.69, 9.17) is 17.3 Å². The van der Waals surface area contributed by atoms with Gasteiger partial charge in [0.1, 0.15) is 11.9 Å². The van der Waals surface area contributed by atoms with Crippen LogP contribution in [0.4, 0.5) is 11.5 Å². The second kappa shape index (κ2) is 5.88. The summed E-state index contributed by atoms with van der Waals surface area (Å²) in [5, 5.41) is 7.33. The smallest absolute Gasteiger partial charge is 0.250 e. The molecule has 2 aromatic rings. The summed E-state index contributed by atoms with van der Waals surface area (Å²) in [5.41, 5.74) is 6.15. The van der Waals surface area contributed by atoms with Crippen molar-refractivity contribution in [1.82, 2.24) is 14.8 Å². The van der Waals surface area contributed by atoms with Gasteiger partial charge in [-0.1, -0.05) is 11.6 Å². The molecule has 23 heavy (non-hydrogen) atoms. The maximum Gasteiger partial charge on any atom is 0.250 e. The minimum Gasteiger partial charge on any atom is -0.366 e. The summed E-state index contributed by atoms with van der Waals surface area (Å²) in [6, 6.07) is 0.997. The first-order chi connectivity index (χ1) is 11.0. The number of nitrogens with zero attached hydrogens (tertiary/aromatic N) is 4. The molecule has 1 unspecified atom stereocenters. The highest BCUT2D eigenvalue weighted by molar-refractivity contribution is 6.33. The van der Waals surface area contributed by atoms with Gasteiger partial charge in [-0.2, -0.15) is 5.10 Å². The molecule has 3 rings (SSSR count). The topological polar surface area (TPSA) is 106 Å². The van der Waals surface area contributed by atoms with Crippen LogP contribution in [-0.2, 0) is 11.8 Å². The molecule has 1 fully saturated rings. The van der Waals surface area contributed by atoms with Crippen molar-refractivity contribution in [3.8, 4) is 0 Å². The number of halogens is 1. The minimum atomic E-state index is -0.606. The van der Waals surface area contributed by atoms with Crippen LogP contribution in [0, 0.1) is 0 Å². The number of primary amides is 1. The monoisotopic (exact) mass is 334 g/mol. The van der Waals surface area contributed by atoms with E-state index in [2.05, 4.69) is 15.4 Å². The summed E-state index contributed by atoms with van der Waals surface area (Å²) < 4.78 is 1.64. The standard InChI is InChI=1S/C14H15ClN6O2/c1-20-7-9(6-18-20)21-3-2-11(14(21)23)19-13-10(15)4-8(5-17-13)12(16)22/h4-7,11H,2-3H2,1H3,(H2,16,22)(H,17,19). The maximum atomic E-state index is 12.5. The molecule has 0 aliphatic carbocycles. The molecule has 9 heteroatoms. The van der Waals surface area contributed by atoms with Crippen LogP contribution in [0.15, 0.2) is 24.7 Å². The molecule has 3 heterocycles. The molecule has 0 bridgehead atoms. The summed E-state index contributed by atoms with van der Waals surface area (Å²) in [4.78, 5) is 29.3. The zero-order valence-electron chi connectivity index (χ0n) is 12.4. The molecule has 120 valence electrons. The largest absolute Gasteiger partial charge is 0.366 e. The Balaban J connectivity index is 1.74. The number of nitrogens with two attached hydrogens (primary N) is 1. The number of amides is 2. The van der Waals surface area contributed by atoms with E-state index >= 15 is 0 Å². The van der Waals surface area contributed by atoms with Crippen molar-refractivity contribution < 1.29 is 9.59 Å². The van der Waals surface area contributed by atoms with E-state index in [1.54, 1.807) is 29.0 Å². The highest BCUT2D eigenvalue weighted by atomic mass is 35.5. The first kappa shape index (κ1) is 15.3. The van der Waals surface area contributed by atoms with E-state index in [9.17, 15) is 9.59 Å². The Morgan fingerprint density at radius 2 is 2.26 bits per heavy atom. The molecule has 3 N–H and O–H groups in total. The number of hydrogen-bond donors (Lipinski definition) is 2. The lowest BCUT2D eigenvalue weighted by atomic mass is 10.2. The van der Waals surface area contributed by atoms with Crippen LogP contribution < -0.4 is 16.0 Å². The number of rotatable bonds is 4. The molecular formula is C14H15ClN6O2. The fourth-order valence-corrected chi connectivity index (χ4v) is 2.68. The molecule has 2 amide bonds. The van der Waals surface area contributed by atoms with Gasteiger partial charge in [0.15, 0.2) is 0 Å². The number of carbonyl (C=O) groups is 2. The van der Waals surface area contributed by atoms with Gasteiger partial charge in [-0.15, -0.1) is 0 Å². The maximum absolute atomic E-state index is 12.5. The SMILES string of the molecule is Cn1cc(N2CCC(Nc3ncc(C(N)=O)cc3Cl)C2=O)cn1. The van der Waals surface area contributed by atoms with E-state index in [1.807, 2.05) is 0 Å². The van der Waals surface area contributed by atoms with Gasteiger partial charge in [-0.05, 0) is 12.5 Å². The number of nitrogens with one attached hydrogen (secondary N) is 1. The quantitative estimate of drug-likeness (QED) is 0.859. The lowest BCUT2D eigenvalue weighted by molar-refractivity contribution is -0.117. The van der Waals surface area contributed by atoms with Gasteiger partial charge in [-0.25, -0.2) is 4.98 Å². The van der Waals surface area contributed by atoms with E-state index in [0.29, 0.717) is 18.8 Å². The van der Waals surface area contributed by atoms with Gasteiger partial charge >= 0.3 is 0 Å². The van der Waals surface area contributed by atoms with Gasteiger partial charge < -0.3 is 16.0 Å². The summed E-state index contributed by atoms with van der Waals surface area (Å²) in [6.07, 6.45) is 5.37. The number of carbonyl (C=O) groups excluding carboxylic acids is 2. The molecule has 0 saturated carbocycles. The molecule has 1 saturated heterocycles. The van der Waals surface area contributed by atoms with Crippen molar-refractivity contribution in [2.45, 2.75) is 12.5 Å². The van der Waals surface area contributed by atoms with Gasteiger partial charge in [-0.3, -0.25) is 14.3 Å². The third-order valence-corrected chi connectivity index (χ3v) is 3.93. The Labute approximate surface area is 137 Å². The molecule has 8 nitrogen and oxygen atoms in total. The second-order valence-electron chi connectivity index (χ2n) is 5.27. The molecule has 0 aromatic carbocycles. The van der Waals surface area contributed by atoms with Crippen molar-refractivity contribution >= 4 is 34.9 Å². The highest BCUT2D eigenvalue weighted by Gasteiger charge is 2.33. The van der Waals surface area contributed by atoms with Gasteiger partial charge in [0.25, 0.3) is 0 Å². The van der Waals surface area contributed by atoms with Crippen LogP contribution in [0.2, 0.25) is 5.02 Å². The highest BCUT2D eigenvalue weighted by Crippen LogP contribution is 2.26. The second-order valence-corrected chi connectivity index (χ2v) is 5.67. The zero-order chi connectivity index (χ0) is 16.6. The molecule has 0 spiro atoms. The van der Waals surface area contributed by atoms with E-state index in [-0.39, 0.29) is 16.5 Å². The van der Waals surface area contributed by atoms with Crippen molar-refractivity contribution in [3.05, 3.63) is 35.2 Å². The molecule has 1 atom stereocenters. The van der Waals surface area contributed by atoms with Crippen LogP contribution in [0.5, 0.6) is 0 Å². The molecule has 1 aliphatic rings. The predicted octanol–water partition coefficient (Wildman–Crippen LogP) is 0.785. The molecular weight excluding hydrogens is 320 g/mol. The Hall–Kier alpha value is -2.61. The van der Waals surface area contributed by atoms with Gasteiger partial charge in [0.2, 0.25) is 11.8 Å². The van der Waals surface area contributed by atoms with Gasteiger partial charge in [0.05, 0.1) is 22.5 Å². The number of anilines is 2. The molecule has 1 aliphatic heterocycles. The van der Waals surface area contributed by atoms with Crippen LogP contribution in [0.25, 0.3) is 0 Å². The number of pyridine rings is 1. The fraction of sp³-hybridized carbons (Fsp3) is 0.286. The average Bonchev–Trinajstić information content (AvgIpc) is 3.08. The summed E-state index contributed by atoms with van der Waals surface area (Å²) in [5.74, 6) is -0.330. The Morgan fingerprint density at radius 3 is 2.87 bits per heavy atom. The lowest BCUT2D eigenvalue weighted by Crippen LogP contribution is -2.33. The Kier molecular flexibility index (Phi) is 3.91. The summed E-state index contributed by atoms with van der Waals surface area (Å²) in [6.45, 7) is 0.583. The van der Waals surface area contributed by atoms with Crippen LogP contribution in [-0.4, -0.2) is 39.2 Å². The molecule has 2 aromatic heterocycles. The Bertz CT molecular complexity index is 774. The van der Waals surface area contributed by atoms with Crippen molar-refractivity contribution in [1.29, 1.82) is 0 Å². The number of aromatic nitrogens is 3. The fourth-order valence-electron chi connectivity index (χ4n) is 2.46. The third kappa shape index (κ3) is 2.98. The third-order valence-electron chi connectivity index (χ3n) is 3.65. The summed E-state index contributed by atoms with van der Waals surface area (Å²) in [7, 11) is 1.80. The predicted molar refractivity (Wildman–Crippen MR) is 85.4 cm³/mol. The number of hydrogen-bond acceptors (Lipinski definition) is 5. The first-order valence-electron chi connectivity index (χ1n) is 6.97. The minimum absolute atomic E-state index is 0.0742. The summed E-state index contributed by atoms with van der Waals surface area (Å²) >= 11 is 6.09. The average molecular weight is 335 g/mol. The zero-order valence-corrected chi connectivity index (χ0v) is 13.1. The van der Waals surface area contributed by atoms with Crippen LogP contribution in [0.1, 0.15) is 16.8 Å². The molecule has 0 radical (unpaired) electrons. The normalized spacial score (nSPS) is 17.6. The Morgan fingerprint density at radius 1 is 1.48 bits per heavy atom.